The van der Waals surface area contributed by atoms with Crippen molar-refractivity contribution in [1.29, 1.82) is 0 Å². The second kappa shape index (κ2) is 5.75. The predicted octanol–water partition coefficient (Wildman–Crippen LogP) is 2.52. The lowest BCUT2D eigenvalue weighted by Gasteiger charge is -2.10. The highest BCUT2D eigenvalue weighted by Crippen LogP contribution is 1.94. The van der Waals surface area contributed by atoms with E-state index in [9.17, 15) is 0 Å². The molecule has 1 N–H and O–H groups in total. The first-order chi connectivity index (χ1) is 4.70. The Bertz CT molecular complexity index is 110. The zero-order valence-electron chi connectivity index (χ0n) is 6.95. The number of nitrogens with one attached hydrogen (secondary N) is 1. The lowest BCUT2D eigenvalue weighted by molar-refractivity contribution is 0.560. The highest BCUT2D eigenvalue weighted by molar-refractivity contribution is 6.25. The van der Waals surface area contributed by atoms with Gasteiger partial charge in [0.05, 0.1) is 0 Å². The van der Waals surface area contributed by atoms with Crippen LogP contribution in [0.5, 0.6) is 0 Å². The topological polar surface area (TPSA) is 12.0 Å². The summed E-state index contributed by atoms with van der Waals surface area (Å²) in [5.74, 6) is 0. The molecule has 0 aromatic heterocycles. The molecule has 0 bridgehead atoms. The van der Waals surface area contributed by atoms with Gasteiger partial charge in [-0.05, 0) is 25.8 Å². The zero-order chi connectivity index (χ0) is 7.98. The molecule has 1 atom stereocenters. The number of hydrogen-bond donors (Lipinski definition) is 1. The summed E-state index contributed by atoms with van der Waals surface area (Å²) in [6.45, 7) is 7.25. The number of halogens is 1. The third-order valence-electron chi connectivity index (χ3n) is 1.53. The van der Waals surface area contributed by atoms with Gasteiger partial charge in [0.2, 0.25) is 0 Å². The molecule has 0 fully saturated rings. The Morgan fingerprint density at radius 1 is 1.70 bits per heavy atom. The molecule has 0 rings (SSSR count). The Hall–Kier alpha value is -0.0100. The van der Waals surface area contributed by atoms with Crippen LogP contribution in [-0.4, -0.2) is 12.6 Å². The minimum Gasteiger partial charge on any atom is -0.311 e. The van der Waals surface area contributed by atoms with E-state index in [2.05, 4.69) is 19.2 Å². The first-order valence-corrected chi connectivity index (χ1v) is 4.13. The van der Waals surface area contributed by atoms with Crippen LogP contribution in [0.4, 0.5) is 0 Å². The molecule has 10 heavy (non-hydrogen) atoms. The molecule has 0 aromatic rings. The fourth-order valence-corrected chi connectivity index (χ4v) is 0.595. The second-order valence-electron chi connectivity index (χ2n) is 2.65. The van der Waals surface area contributed by atoms with Gasteiger partial charge in [0.25, 0.3) is 0 Å². The summed E-state index contributed by atoms with van der Waals surface area (Å²) in [6.07, 6.45) is 1.16. The van der Waals surface area contributed by atoms with Crippen LogP contribution in [0.1, 0.15) is 27.2 Å². The van der Waals surface area contributed by atoms with E-state index in [1.165, 1.54) is 5.57 Å². The first kappa shape index (κ1) is 9.99. The molecule has 60 valence electrons. The van der Waals surface area contributed by atoms with Crippen LogP contribution >= 0.6 is 11.6 Å². The van der Waals surface area contributed by atoms with E-state index in [0.717, 1.165) is 13.0 Å². The SMILES string of the molecule is CCC(C)NCC(C)=CCl. The van der Waals surface area contributed by atoms with Crippen molar-refractivity contribution < 1.29 is 0 Å². The summed E-state index contributed by atoms with van der Waals surface area (Å²) in [5, 5.41) is 3.33. The summed E-state index contributed by atoms with van der Waals surface area (Å²) in [6, 6.07) is 0.589. The third kappa shape index (κ3) is 4.83. The lowest BCUT2D eigenvalue weighted by Crippen LogP contribution is -2.26. The molecule has 0 aromatic carbocycles. The summed E-state index contributed by atoms with van der Waals surface area (Å²) >= 11 is 5.48. The summed E-state index contributed by atoms with van der Waals surface area (Å²) in [7, 11) is 0. The van der Waals surface area contributed by atoms with Gasteiger partial charge in [0, 0.05) is 18.1 Å². The van der Waals surface area contributed by atoms with E-state index in [4.69, 9.17) is 11.6 Å². The van der Waals surface area contributed by atoms with Crippen LogP contribution in [0.15, 0.2) is 11.1 Å². The van der Waals surface area contributed by atoms with Gasteiger partial charge in [0.15, 0.2) is 0 Å². The Kier molecular flexibility index (Phi) is 5.74. The molecular formula is C8H16ClN. The van der Waals surface area contributed by atoms with Crippen LogP contribution in [0.3, 0.4) is 0 Å². The molecule has 2 heteroatoms. The summed E-state index contributed by atoms with van der Waals surface area (Å²) < 4.78 is 0. The van der Waals surface area contributed by atoms with Gasteiger partial charge in [-0.1, -0.05) is 18.5 Å². The fraction of sp³-hybridized carbons (Fsp3) is 0.750. The first-order valence-electron chi connectivity index (χ1n) is 3.70. The lowest BCUT2D eigenvalue weighted by atomic mass is 10.2. The summed E-state index contributed by atoms with van der Waals surface area (Å²) in [5.41, 5.74) is 2.80. The van der Waals surface area contributed by atoms with Gasteiger partial charge in [0.1, 0.15) is 0 Å². The zero-order valence-corrected chi connectivity index (χ0v) is 7.70. The van der Waals surface area contributed by atoms with Gasteiger partial charge in [-0.2, -0.15) is 0 Å². The molecule has 0 saturated heterocycles. The number of rotatable bonds is 4. The fourth-order valence-electron chi connectivity index (χ4n) is 0.518. The second-order valence-corrected chi connectivity index (χ2v) is 2.86. The van der Waals surface area contributed by atoms with E-state index < -0.39 is 0 Å². The van der Waals surface area contributed by atoms with Crippen molar-refractivity contribution in [3.63, 3.8) is 0 Å². The van der Waals surface area contributed by atoms with E-state index in [0.29, 0.717) is 6.04 Å². The van der Waals surface area contributed by atoms with Gasteiger partial charge < -0.3 is 5.32 Å². The molecule has 0 radical (unpaired) electrons. The molecule has 0 aliphatic rings. The van der Waals surface area contributed by atoms with Crippen molar-refractivity contribution >= 4 is 11.6 Å². The minimum absolute atomic E-state index is 0.589. The Balaban J connectivity index is 3.35. The molecule has 1 unspecified atom stereocenters. The predicted molar refractivity (Wildman–Crippen MR) is 47.4 cm³/mol. The van der Waals surface area contributed by atoms with Crippen LogP contribution in [-0.2, 0) is 0 Å². The van der Waals surface area contributed by atoms with Crippen LogP contribution in [0.2, 0.25) is 0 Å². The molecule has 0 aliphatic heterocycles. The Morgan fingerprint density at radius 2 is 2.30 bits per heavy atom. The van der Waals surface area contributed by atoms with Crippen molar-refractivity contribution in [2.75, 3.05) is 6.54 Å². The maximum atomic E-state index is 5.48. The molecule has 0 aliphatic carbocycles. The molecule has 0 spiro atoms. The van der Waals surface area contributed by atoms with E-state index in [1.807, 2.05) is 6.92 Å². The van der Waals surface area contributed by atoms with E-state index in [1.54, 1.807) is 5.54 Å². The Morgan fingerprint density at radius 3 is 2.70 bits per heavy atom. The van der Waals surface area contributed by atoms with Crippen molar-refractivity contribution in [2.24, 2.45) is 0 Å². The van der Waals surface area contributed by atoms with Gasteiger partial charge in [-0.15, -0.1) is 0 Å². The molecule has 0 heterocycles. The van der Waals surface area contributed by atoms with Crippen LogP contribution in [0, 0.1) is 0 Å². The molecule has 0 amide bonds. The van der Waals surface area contributed by atoms with Crippen molar-refractivity contribution in [3.05, 3.63) is 11.1 Å². The Labute approximate surface area is 68.5 Å². The van der Waals surface area contributed by atoms with Crippen molar-refractivity contribution in [3.8, 4) is 0 Å². The van der Waals surface area contributed by atoms with E-state index in [-0.39, 0.29) is 0 Å². The summed E-state index contributed by atoms with van der Waals surface area (Å²) in [4.78, 5) is 0. The largest absolute Gasteiger partial charge is 0.311 e. The van der Waals surface area contributed by atoms with Crippen LogP contribution < -0.4 is 5.32 Å². The average Bonchev–Trinajstić information content (AvgIpc) is 1.99. The molecular weight excluding hydrogens is 146 g/mol. The normalized spacial score (nSPS) is 15.4. The average molecular weight is 162 g/mol. The maximum Gasteiger partial charge on any atom is 0.0176 e. The third-order valence-corrected chi connectivity index (χ3v) is 1.90. The van der Waals surface area contributed by atoms with Gasteiger partial charge in [-0.3, -0.25) is 0 Å². The standard InChI is InChI=1S/C8H16ClN/c1-4-8(3)10-6-7(2)5-9/h5,8,10H,4,6H2,1-3H3. The monoisotopic (exact) mass is 161 g/mol. The smallest absolute Gasteiger partial charge is 0.0176 e. The molecule has 0 saturated carbocycles. The van der Waals surface area contributed by atoms with Crippen LogP contribution in [0.25, 0.3) is 0 Å². The highest BCUT2D eigenvalue weighted by Gasteiger charge is 1.95. The maximum absolute atomic E-state index is 5.48. The minimum atomic E-state index is 0.589. The molecule has 1 nitrogen and oxygen atoms in total. The van der Waals surface area contributed by atoms with Gasteiger partial charge in [-0.25, -0.2) is 0 Å². The highest BCUT2D eigenvalue weighted by atomic mass is 35.5. The van der Waals surface area contributed by atoms with Crippen molar-refractivity contribution in [1.82, 2.24) is 5.32 Å². The van der Waals surface area contributed by atoms with Gasteiger partial charge >= 0.3 is 0 Å². The van der Waals surface area contributed by atoms with Crippen molar-refractivity contribution in [2.45, 2.75) is 33.2 Å². The van der Waals surface area contributed by atoms with E-state index >= 15 is 0 Å². The number of hydrogen-bond acceptors (Lipinski definition) is 1. The quantitative estimate of drug-likeness (QED) is 0.668.